The van der Waals surface area contributed by atoms with Gasteiger partial charge in [-0.3, -0.25) is 4.79 Å². The van der Waals surface area contributed by atoms with Crippen LogP contribution in [-0.2, 0) is 25.5 Å². The summed E-state index contributed by atoms with van der Waals surface area (Å²) in [5, 5.41) is 0. The number of nitrogens with two attached hydrogens (primary N) is 1. The molecule has 7 nitrogen and oxygen atoms in total. The van der Waals surface area contributed by atoms with Crippen LogP contribution in [0.5, 0.6) is 11.5 Å². The molecule has 0 fully saturated rings. The molecule has 236 valence electrons. The van der Waals surface area contributed by atoms with Crippen LogP contribution in [-0.4, -0.2) is 32.2 Å². The van der Waals surface area contributed by atoms with Gasteiger partial charge in [-0.05, 0) is 73.2 Å². The Morgan fingerprint density at radius 1 is 0.977 bits per heavy atom. The van der Waals surface area contributed by atoms with Gasteiger partial charge in [-0.15, -0.1) is 26.3 Å². The second kappa shape index (κ2) is 19.1. The molecular weight excluding hydrogens is 581 g/mol. The fraction of sp³-hybridized carbons (Fsp3) is 0.312. The van der Waals surface area contributed by atoms with Crippen molar-refractivity contribution in [2.45, 2.75) is 50.6 Å². The lowest BCUT2D eigenvalue weighted by Gasteiger charge is -2.23. The Morgan fingerprint density at radius 3 is 2.05 bits per heavy atom. The highest BCUT2D eigenvalue weighted by Gasteiger charge is 2.33. The van der Waals surface area contributed by atoms with E-state index in [1.165, 1.54) is 24.6 Å². The lowest BCUT2D eigenvalue weighted by atomic mass is 9.83. The summed E-state index contributed by atoms with van der Waals surface area (Å²) in [6, 6.07) is 16.2. The first-order valence-electron chi connectivity index (χ1n) is 13.3. The normalized spacial score (nSPS) is 12.0. The quantitative estimate of drug-likeness (QED) is 0.189. The van der Waals surface area contributed by atoms with Gasteiger partial charge in [-0.25, -0.2) is 13.4 Å². The smallest absolute Gasteiger partial charge is 0.419 e. The molecule has 0 saturated carbocycles. The summed E-state index contributed by atoms with van der Waals surface area (Å²) in [7, 11) is -3.29. The number of hydrogen-bond acceptors (Lipinski definition) is 7. The average Bonchev–Trinajstić information content (AvgIpc) is 2.96. The Kier molecular flexibility index (Phi) is 17.3. The number of nitrogen functional groups attached to an aromatic ring is 1. The molecule has 0 aliphatic heterocycles. The molecule has 3 aromatic rings. The summed E-state index contributed by atoms with van der Waals surface area (Å²) in [5.41, 5.74) is 5.17. The minimum Gasteiger partial charge on any atom is -0.466 e. The summed E-state index contributed by atoms with van der Waals surface area (Å²) in [6.45, 7) is 18.3. The van der Waals surface area contributed by atoms with Crippen LogP contribution in [0.1, 0.15) is 50.7 Å². The predicted molar refractivity (Wildman–Crippen MR) is 166 cm³/mol. The van der Waals surface area contributed by atoms with E-state index in [0.717, 1.165) is 18.1 Å². The lowest BCUT2D eigenvalue weighted by molar-refractivity contribution is -0.144. The minimum absolute atomic E-state index is 0.132. The SMILES string of the molecule is C=C.C=C.CCOC(=O)CC(C)C(CC)c1cccc(Oc2cccc(S(C)(=O)=O)c2)c1.Nc1ncccc1C(F)(F)F. The molecule has 3 rings (SSSR count). The predicted octanol–water partition coefficient (Wildman–Crippen LogP) is 8.25. The van der Waals surface area contributed by atoms with E-state index in [4.69, 9.17) is 15.2 Å². The standard InChI is InChI=1S/C22H28O5S.C6H5F3N2.2C2H4/c1-5-21(16(3)13-22(23)26-6-2)17-9-7-10-18(14-17)27-19-11-8-12-20(15-19)28(4,24)25;7-6(8,9)4-2-1-3-11-5(4)10;2*1-2/h7-12,14-16,21H,5-6,13H2,1-4H3;1-3H,(H2,10,11);2*1-2H2. The van der Waals surface area contributed by atoms with Crippen LogP contribution in [0.4, 0.5) is 19.0 Å². The van der Waals surface area contributed by atoms with Crippen molar-refractivity contribution in [3.8, 4) is 11.5 Å². The number of sulfone groups is 1. The van der Waals surface area contributed by atoms with Crippen molar-refractivity contribution < 1.29 is 35.9 Å². The van der Waals surface area contributed by atoms with E-state index in [1.807, 2.05) is 31.2 Å². The molecule has 2 aromatic carbocycles. The number of pyridine rings is 1. The summed E-state index contributed by atoms with van der Waals surface area (Å²) < 4.78 is 70.2. The van der Waals surface area contributed by atoms with Crippen LogP contribution in [0, 0.1) is 5.92 Å². The summed E-state index contributed by atoms with van der Waals surface area (Å²) in [5.74, 6) is 0.749. The average molecular weight is 623 g/mol. The summed E-state index contributed by atoms with van der Waals surface area (Å²) >= 11 is 0. The highest BCUT2D eigenvalue weighted by Crippen LogP contribution is 2.34. The van der Waals surface area contributed by atoms with Crippen molar-refractivity contribution in [3.05, 3.63) is 104 Å². The molecule has 0 amide bonds. The van der Waals surface area contributed by atoms with Gasteiger partial charge in [-0.1, -0.05) is 32.0 Å². The second-order valence-corrected chi connectivity index (χ2v) is 10.9. The third kappa shape index (κ3) is 13.6. The van der Waals surface area contributed by atoms with Crippen LogP contribution in [0.2, 0.25) is 0 Å². The molecule has 43 heavy (non-hydrogen) atoms. The largest absolute Gasteiger partial charge is 0.466 e. The molecule has 2 atom stereocenters. The highest BCUT2D eigenvalue weighted by molar-refractivity contribution is 7.90. The van der Waals surface area contributed by atoms with E-state index in [1.54, 1.807) is 25.1 Å². The van der Waals surface area contributed by atoms with Gasteiger partial charge in [0, 0.05) is 18.9 Å². The summed E-state index contributed by atoms with van der Waals surface area (Å²) in [6.07, 6.45) is -0.770. The van der Waals surface area contributed by atoms with Gasteiger partial charge < -0.3 is 15.2 Å². The maximum absolute atomic E-state index is 11.9. The van der Waals surface area contributed by atoms with E-state index < -0.39 is 27.4 Å². The Hall–Kier alpha value is -4.12. The number of carbonyl (C=O) groups excluding carboxylic acids is 1. The molecule has 1 heterocycles. The van der Waals surface area contributed by atoms with E-state index in [0.29, 0.717) is 24.5 Å². The zero-order valence-electron chi connectivity index (χ0n) is 25.1. The van der Waals surface area contributed by atoms with Gasteiger partial charge in [0.25, 0.3) is 0 Å². The number of halogens is 3. The number of nitrogens with zero attached hydrogens (tertiary/aromatic N) is 1. The Labute approximate surface area is 253 Å². The zero-order valence-corrected chi connectivity index (χ0v) is 25.9. The first kappa shape index (κ1) is 38.9. The molecule has 2 N–H and O–H groups in total. The third-order valence-corrected chi connectivity index (χ3v) is 6.93. The molecule has 2 unspecified atom stereocenters. The van der Waals surface area contributed by atoms with E-state index >= 15 is 0 Å². The first-order valence-corrected chi connectivity index (χ1v) is 15.2. The van der Waals surface area contributed by atoms with Gasteiger partial charge in [0.05, 0.1) is 17.1 Å². The maximum atomic E-state index is 11.9. The number of benzene rings is 2. The van der Waals surface area contributed by atoms with Crippen LogP contribution >= 0.6 is 0 Å². The fourth-order valence-electron chi connectivity index (χ4n) is 3.96. The highest BCUT2D eigenvalue weighted by atomic mass is 32.2. The fourth-order valence-corrected chi connectivity index (χ4v) is 4.62. The monoisotopic (exact) mass is 622 g/mol. The molecular formula is C32H41F3N2O5S. The van der Waals surface area contributed by atoms with Crippen molar-refractivity contribution in [2.75, 3.05) is 18.6 Å². The van der Waals surface area contributed by atoms with Crippen molar-refractivity contribution in [1.29, 1.82) is 0 Å². The van der Waals surface area contributed by atoms with Crippen LogP contribution < -0.4 is 10.5 Å². The molecule has 0 radical (unpaired) electrons. The van der Waals surface area contributed by atoms with E-state index in [-0.39, 0.29) is 22.7 Å². The van der Waals surface area contributed by atoms with Gasteiger partial charge in [0.15, 0.2) is 9.84 Å². The first-order chi connectivity index (χ1) is 20.3. The molecule has 11 heteroatoms. The number of aromatic nitrogens is 1. The van der Waals surface area contributed by atoms with E-state index in [2.05, 4.69) is 38.2 Å². The number of ether oxygens (including phenoxy) is 2. The van der Waals surface area contributed by atoms with Gasteiger partial charge in [0.1, 0.15) is 17.3 Å². The zero-order chi connectivity index (χ0) is 33.2. The van der Waals surface area contributed by atoms with E-state index in [9.17, 15) is 26.4 Å². The molecule has 0 saturated heterocycles. The second-order valence-electron chi connectivity index (χ2n) is 8.86. The van der Waals surface area contributed by atoms with Crippen molar-refractivity contribution in [3.63, 3.8) is 0 Å². The Morgan fingerprint density at radius 2 is 1.56 bits per heavy atom. The van der Waals surface area contributed by atoms with Gasteiger partial charge >= 0.3 is 12.1 Å². The number of anilines is 1. The number of carbonyl (C=O) groups is 1. The Balaban J connectivity index is 0.000000977. The van der Waals surface area contributed by atoms with Gasteiger partial charge in [0.2, 0.25) is 0 Å². The number of rotatable bonds is 9. The number of hydrogen-bond donors (Lipinski definition) is 1. The molecule has 0 bridgehead atoms. The van der Waals surface area contributed by atoms with Crippen LogP contribution in [0.15, 0.2) is 98.1 Å². The topological polar surface area (TPSA) is 109 Å². The number of esters is 1. The molecule has 1 aromatic heterocycles. The Bertz CT molecular complexity index is 1380. The van der Waals surface area contributed by atoms with Crippen molar-refractivity contribution >= 4 is 21.6 Å². The van der Waals surface area contributed by atoms with Crippen LogP contribution in [0.3, 0.4) is 0 Å². The molecule has 0 aliphatic rings. The number of alkyl halides is 3. The minimum atomic E-state index is -4.40. The summed E-state index contributed by atoms with van der Waals surface area (Å²) in [4.78, 5) is 15.4. The van der Waals surface area contributed by atoms with Gasteiger partial charge in [-0.2, -0.15) is 13.2 Å². The van der Waals surface area contributed by atoms with Crippen molar-refractivity contribution in [1.82, 2.24) is 4.98 Å². The molecule has 0 aliphatic carbocycles. The van der Waals surface area contributed by atoms with Crippen molar-refractivity contribution in [2.24, 2.45) is 5.92 Å². The third-order valence-electron chi connectivity index (χ3n) is 5.82. The maximum Gasteiger partial charge on any atom is 0.419 e. The molecule has 0 spiro atoms. The lowest BCUT2D eigenvalue weighted by Crippen LogP contribution is -2.15. The van der Waals surface area contributed by atoms with Crippen LogP contribution in [0.25, 0.3) is 0 Å².